The summed E-state index contributed by atoms with van der Waals surface area (Å²) in [6, 6.07) is 14.5. The summed E-state index contributed by atoms with van der Waals surface area (Å²) in [5, 5.41) is 8.37. The minimum Gasteiger partial charge on any atom is -0.357 e. The Balaban J connectivity index is 0.00000166. The van der Waals surface area contributed by atoms with Crippen LogP contribution in [0.25, 0.3) is 0 Å². The molecule has 0 radical (unpaired) electrons. The summed E-state index contributed by atoms with van der Waals surface area (Å²) < 4.78 is 0. The number of anilines is 1. The molecule has 2 aromatic carbocycles. The van der Waals surface area contributed by atoms with Crippen molar-refractivity contribution in [2.45, 2.75) is 45.3 Å². The number of hydrogen-bond donors (Lipinski definition) is 3. The molecule has 1 aliphatic heterocycles. The van der Waals surface area contributed by atoms with Crippen LogP contribution >= 0.6 is 0 Å². The molecule has 0 aromatic heterocycles. The molecule has 0 fully saturated rings. The van der Waals surface area contributed by atoms with E-state index in [0.29, 0.717) is 17.7 Å². The fraction of sp³-hybridized carbons (Fsp3) is 0.375. The van der Waals surface area contributed by atoms with Crippen LogP contribution in [0.5, 0.6) is 0 Å². The van der Waals surface area contributed by atoms with Gasteiger partial charge in [0.1, 0.15) is 12.1 Å². The highest BCUT2D eigenvalue weighted by atomic mass is 16.2. The molecule has 7 nitrogen and oxygen atoms in total. The van der Waals surface area contributed by atoms with Crippen molar-refractivity contribution in [3.63, 3.8) is 0 Å². The second-order valence-corrected chi connectivity index (χ2v) is 7.03. The van der Waals surface area contributed by atoms with Gasteiger partial charge in [0.15, 0.2) is 0 Å². The normalized spacial score (nSPS) is 16.3. The second-order valence-electron chi connectivity index (χ2n) is 7.03. The highest BCUT2D eigenvalue weighted by Crippen LogP contribution is 2.34. The Bertz CT molecular complexity index is 901. The fourth-order valence-corrected chi connectivity index (χ4v) is 3.51. The molecule has 166 valence electrons. The summed E-state index contributed by atoms with van der Waals surface area (Å²) in [4.78, 5) is 40.3. The van der Waals surface area contributed by atoms with Gasteiger partial charge in [-0.25, -0.2) is 0 Å². The predicted molar refractivity (Wildman–Crippen MR) is 123 cm³/mol. The molecular weight excluding hydrogens is 392 g/mol. The molecule has 3 atom stereocenters. The van der Waals surface area contributed by atoms with Crippen LogP contribution < -0.4 is 20.9 Å². The smallest absolute Gasteiger partial charge is 0.254 e. The lowest BCUT2D eigenvalue weighted by molar-refractivity contribution is -0.130. The summed E-state index contributed by atoms with van der Waals surface area (Å²) in [6.45, 7) is 5.72. The number of para-hydroxylation sites is 1. The maximum absolute atomic E-state index is 13.7. The van der Waals surface area contributed by atoms with Crippen LogP contribution in [-0.4, -0.2) is 43.9 Å². The number of amides is 3. The number of rotatable bonds is 6. The number of fused-ring (bicyclic) bond motifs is 1. The van der Waals surface area contributed by atoms with E-state index in [0.717, 1.165) is 5.56 Å². The molecule has 2 unspecified atom stereocenters. The van der Waals surface area contributed by atoms with E-state index in [4.69, 9.17) is 0 Å². The van der Waals surface area contributed by atoms with Crippen molar-refractivity contribution < 1.29 is 14.4 Å². The summed E-state index contributed by atoms with van der Waals surface area (Å²) in [6.07, 6.45) is 0.434. The first-order valence-corrected chi connectivity index (χ1v) is 10.6. The van der Waals surface area contributed by atoms with Gasteiger partial charge in [-0.05, 0) is 31.2 Å². The Morgan fingerprint density at radius 3 is 2.19 bits per heavy atom. The molecule has 31 heavy (non-hydrogen) atoms. The highest BCUT2D eigenvalue weighted by Gasteiger charge is 2.41. The average Bonchev–Trinajstić information content (AvgIpc) is 3.22. The van der Waals surface area contributed by atoms with Gasteiger partial charge in [-0.2, -0.15) is 0 Å². The summed E-state index contributed by atoms with van der Waals surface area (Å²) >= 11 is 0. The summed E-state index contributed by atoms with van der Waals surface area (Å²) in [7, 11) is 3.24. The van der Waals surface area contributed by atoms with E-state index in [2.05, 4.69) is 16.0 Å². The number of carbonyl (C=O) groups excluding carboxylic acids is 3. The van der Waals surface area contributed by atoms with Crippen LogP contribution in [0.3, 0.4) is 0 Å². The van der Waals surface area contributed by atoms with Crippen LogP contribution in [0, 0.1) is 0 Å². The van der Waals surface area contributed by atoms with E-state index in [1.807, 2.05) is 56.3 Å². The van der Waals surface area contributed by atoms with Crippen LogP contribution in [-0.2, 0) is 20.8 Å². The first kappa shape index (κ1) is 24.1. The quantitative estimate of drug-likeness (QED) is 0.663. The molecule has 0 saturated carbocycles. The molecule has 0 spiro atoms. The Labute approximate surface area is 184 Å². The Hall–Kier alpha value is -3.19. The summed E-state index contributed by atoms with van der Waals surface area (Å²) in [5.74, 6) is -0.874. The maximum atomic E-state index is 13.7. The van der Waals surface area contributed by atoms with Gasteiger partial charge in [-0.3, -0.25) is 19.3 Å². The first-order valence-electron chi connectivity index (χ1n) is 10.6. The molecule has 7 heteroatoms. The monoisotopic (exact) mass is 424 g/mol. The van der Waals surface area contributed by atoms with Crippen molar-refractivity contribution in [1.82, 2.24) is 16.0 Å². The van der Waals surface area contributed by atoms with Gasteiger partial charge in [0.05, 0.1) is 6.04 Å². The minimum absolute atomic E-state index is 0.240. The van der Waals surface area contributed by atoms with Gasteiger partial charge >= 0.3 is 0 Å². The number of nitrogens with one attached hydrogen (secondary N) is 3. The van der Waals surface area contributed by atoms with Gasteiger partial charge in [0, 0.05) is 19.2 Å². The lowest BCUT2D eigenvalue weighted by Crippen LogP contribution is -2.53. The van der Waals surface area contributed by atoms with E-state index in [1.165, 1.54) is 4.90 Å². The predicted octanol–water partition coefficient (Wildman–Crippen LogP) is 2.18. The minimum atomic E-state index is -0.905. The fourth-order valence-electron chi connectivity index (χ4n) is 3.51. The lowest BCUT2D eigenvalue weighted by Gasteiger charge is -2.30. The van der Waals surface area contributed by atoms with Crippen molar-refractivity contribution in [3.8, 4) is 0 Å². The molecule has 1 aliphatic rings. The molecule has 0 saturated heterocycles. The van der Waals surface area contributed by atoms with Crippen LogP contribution in [0.4, 0.5) is 5.69 Å². The van der Waals surface area contributed by atoms with E-state index >= 15 is 0 Å². The van der Waals surface area contributed by atoms with Gasteiger partial charge < -0.3 is 16.0 Å². The van der Waals surface area contributed by atoms with Crippen molar-refractivity contribution in [2.24, 2.45) is 0 Å². The van der Waals surface area contributed by atoms with Crippen LogP contribution in [0.2, 0.25) is 0 Å². The second kappa shape index (κ2) is 11.3. The first-order chi connectivity index (χ1) is 15.0. The zero-order valence-electron chi connectivity index (χ0n) is 18.8. The third kappa shape index (κ3) is 5.30. The average molecular weight is 425 g/mol. The Morgan fingerprint density at radius 1 is 0.968 bits per heavy atom. The molecule has 3 amide bonds. The van der Waals surface area contributed by atoms with Gasteiger partial charge in [0.25, 0.3) is 5.91 Å². The van der Waals surface area contributed by atoms with Gasteiger partial charge in [0.2, 0.25) is 11.8 Å². The van der Waals surface area contributed by atoms with E-state index in [1.54, 1.807) is 33.2 Å². The van der Waals surface area contributed by atoms with Crippen LogP contribution in [0.1, 0.15) is 37.9 Å². The molecule has 1 heterocycles. The zero-order chi connectivity index (χ0) is 23.0. The number of hydrogen-bond acceptors (Lipinski definition) is 4. The maximum Gasteiger partial charge on any atom is 0.254 e. The Morgan fingerprint density at radius 2 is 1.58 bits per heavy atom. The van der Waals surface area contributed by atoms with Crippen LogP contribution in [0.15, 0.2) is 54.6 Å². The van der Waals surface area contributed by atoms with E-state index in [9.17, 15) is 14.4 Å². The number of benzene rings is 2. The SMILES string of the molecule is CC.CNC(=O)C1Cc2ccccc2N1C(=O)C(NC(=O)[C@H](C)NC)c1ccccc1. The largest absolute Gasteiger partial charge is 0.357 e. The van der Waals surface area contributed by atoms with Gasteiger partial charge in [-0.15, -0.1) is 0 Å². The van der Waals surface area contributed by atoms with Crippen molar-refractivity contribution >= 4 is 23.4 Å². The molecule has 3 rings (SSSR count). The van der Waals surface area contributed by atoms with Gasteiger partial charge in [-0.1, -0.05) is 62.4 Å². The Kier molecular flexibility index (Phi) is 8.75. The van der Waals surface area contributed by atoms with Crippen molar-refractivity contribution in [2.75, 3.05) is 19.0 Å². The number of carbonyl (C=O) groups is 3. The van der Waals surface area contributed by atoms with E-state index in [-0.39, 0.29) is 17.7 Å². The summed E-state index contributed by atoms with van der Waals surface area (Å²) in [5.41, 5.74) is 2.29. The topological polar surface area (TPSA) is 90.5 Å². The molecule has 0 bridgehead atoms. The standard InChI is InChI=1S/C22H26N4O3.C2H6/c1-14(23-2)20(27)25-19(15-9-5-4-6-10-15)22(29)26-17-12-8-7-11-16(17)13-18(26)21(28)24-3;1-2/h4-12,14,18-19,23H,13H2,1-3H3,(H,24,28)(H,25,27);1-2H3/t14-,18?,19?;/m0./s1. The molecular formula is C24H32N4O3. The van der Waals surface area contributed by atoms with Crippen molar-refractivity contribution in [1.29, 1.82) is 0 Å². The lowest BCUT2D eigenvalue weighted by atomic mass is 10.0. The van der Waals surface area contributed by atoms with Crippen molar-refractivity contribution in [3.05, 3.63) is 65.7 Å². The van der Waals surface area contributed by atoms with E-state index < -0.39 is 18.1 Å². The number of nitrogens with zero attached hydrogens (tertiary/aromatic N) is 1. The zero-order valence-corrected chi connectivity index (χ0v) is 18.8. The third-order valence-corrected chi connectivity index (χ3v) is 5.26. The molecule has 3 N–H and O–H groups in total. The highest BCUT2D eigenvalue weighted by molar-refractivity contribution is 6.07. The molecule has 0 aliphatic carbocycles. The number of likely N-dealkylation sites (N-methyl/N-ethyl adjacent to an activating group) is 2. The molecule has 2 aromatic rings. The third-order valence-electron chi connectivity index (χ3n) is 5.26.